The number of nitrogens with zero attached hydrogens (tertiary/aromatic N) is 1. The lowest BCUT2D eigenvalue weighted by molar-refractivity contribution is -0.107. The van der Waals surface area contributed by atoms with Crippen molar-refractivity contribution in [3.05, 3.63) is 45.6 Å². The van der Waals surface area contributed by atoms with Crippen molar-refractivity contribution >= 4 is 32.8 Å². The van der Waals surface area contributed by atoms with Gasteiger partial charge in [-0.2, -0.15) is 5.26 Å². The summed E-state index contributed by atoms with van der Waals surface area (Å²) in [6.45, 7) is 5.76. The quantitative estimate of drug-likeness (QED) is 0.591. The molecular weight excluding hydrogens is 348 g/mol. The maximum absolute atomic E-state index is 11.9. The van der Waals surface area contributed by atoms with Crippen LogP contribution < -0.4 is 5.32 Å². The Balaban J connectivity index is 2.96. The third kappa shape index (κ3) is 5.22. The van der Waals surface area contributed by atoms with E-state index in [4.69, 9.17) is 0 Å². The van der Waals surface area contributed by atoms with Gasteiger partial charge in [-0.25, -0.2) is 0 Å². The third-order valence-electron chi connectivity index (χ3n) is 3.04. The molecule has 0 bridgehead atoms. The van der Waals surface area contributed by atoms with E-state index < -0.39 is 0 Å². The summed E-state index contributed by atoms with van der Waals surface area (Å²) in [6, 6.07) is 10.1. The number of hydrogen-bond donors (Lipinski definition) is 1. The molecule has 0 amide bonds. The van der Waals surface area contributed by atoms with Crippen molar-refractivity contribution in [2.75, 3.05) is 5.75 Å². The van der Waals surface area contributed by atoms with Gasteiger partial charge < -0.3 is 5.32 Å². The Labute approximate surface area is 138 Å². The van der Waals surface area contributed by atoms with Crippen molar-refractivity contribution in [1.29, 1.82) is 5.26 Å². The molecule has 0 aliphatic rings. The van der Waals surface area contributed by atoms with E-state index >= 15 is 0 Å². The van der Waals surface area contributed by atoms with Crippen molar-refractivity contribution in [2.45, 2.75) is 33.2 Å². The molecule has 0 aliphatic carbocycles. The second-order valence-electron chi connectivity index (χ2n) is 4.49. The summed E-state index contributed by atoms with van der Waals surface area (Å²) >= 11 is 4.58. The lowest BCUT2D eigenvalue weighted by Crippen LogP contribution is -2.21. The van der Waals surface area contributed by atoms with E-state index in [0.717, 1.165) is 28.2 Å². The number of halogens is 1. The van der Waals surface area contributed by atoms with Crippen LogP contribution in [0.3, 0.4) is 0 Å². The SMILES string of the molecule is CCSC(=O)C(C#N)=C(C)NC(CC)c1ccc(Br)cc1. The predicted molar refractivity (Wildman–Crippen MR) is 91.8 cm³/mol. The topological polar surface area (TPSA) is 52.9 Å². The minimum absolute atomic E-state index is 0.0841. The number of hydrogen-bond acceptors (Lipinski definition) is 4. The summed E-state index contributed by atoms with van der Waals surface area (Å²) in [4.78, 5) is 11.9. The van der Waals surface area contributed by atoms with Crippen LogP contribution in [0.4, 0.5) is 0 Å². The van der Waals surface area contributed by atoms with Gasteiger partial charge in [0.25, 0.3) is 0 Å². The largest absolute Gasteiger partial charge is 0.381 e. The predicted octanol–water partition coefficient (Wildman–Crippen LogP) is 4.57. The van der Waals surface area contributed by atoms with Crippen LogP contribution in [0.1, 0.15) is 38.8 Å². The smallest absolute Gasteiger partial charge is 0.231 e. The van der Waals surface area contributed by atoms with Gasteiger partial charge in [-0.05, 0) is 36.8 Å². The fourth-order valence-electron chi connectivity index (χ4n) is 1.94. The summed E-state index contributed by atoms with van der Waals surface area (Å²) in [5.41, 5.74) is 1.98. The van der Waals surface area contributed by atoms with Gasteiger partial charge in [0.2, 0.25) is 5.12 Å². The summed E-state index contributed by atoms with van der Waals surface area (Å²) in [5.74, 6) is 0.668. The van der Waals surface area contributed by atoms with E-state index in [1.165, 1.54) is 0 Å². The number of allylic oxidation sites excluding steroid dienone is 1. The van der Waals surface area contributed by atoms with Gasteiger partial charge in [-0.15, -0.1) is 0 Å². The van der Waals surface area contributed by atoms with Gasteiger partial charge in [-0.3, -0.25) is 4.79 Å². The average Bonchev–Trinajstić information content (AvgIpc) is 2.47. The fourth-order valence-corrected chi connectivity index (χ4v) is 2.81. The molecule has 0 fully saturated rings. The zero-order valence-corrected chi connectivity index (χ0v) is 14.8. The average molecular weight is 367 g/mol. The molecule has 1 aromatic rings. The van der Waals surface area contributed by atoms with Crippen molar-refractivity contribution < 1.29 is 4.79 Å². The van der Waals surface area contributed by atoms with Crippen LogP contribution in [0.25, 0.3) is 0 Å². The van der Waals surface area contributed by atoms with Gasteiger partial charge in [0.15, 0.2) is 0 Å². The van der Waals surface area contributed by atoms with E-state index in [1.807, 2.05) is 37.3 Å². The summed E-state index contributed by atoms with van der Waals surface area (Å²) < 4.78 is 1.03. The number of nitrogens with one attached hydrogen (secondary N) is 1. The molecule has 1 unspecified atom stereocenters. The third-order valence-corrected chi connectivity index (χ3v) is 4.32. The number of carbonyl (C=O) groups is 1. The number of carbonyl (C=O) groups excluding carboxylic acids is 1. The molecule has 0 saturated carbocycles. The highest BCUT2D eigenvalue weighted by atomic mass is 79.9. The molecule has 0 aromatic heterocycles. The molecule has 1 atom stereocenters. The number of thioether (sulfide) groups is 1. The Morgan fingerprint density at radius 3 is 2.48 bits per heavy atom. The summed E-state index contributed by atoms with van der Waals surface area (Å²) in [7, 11) is 0. The van der Waals surface area contributed by atoms with Crippen molar-refractivity contribution in [1.82, 2.24) is 5.32 Å². The van der Waals surface area contributed by atoms with Crippen LogP contribution in [0.2, 0.25) is 0 Å². The minimum Gasteiger partial charge on any atom is -0.381 e. The number of rotatable bonds is 6. The molecule has 1 N–H and O–H groups in total. The molecule has 3 nitrogen and oxygen atoms in total. The molecule has 0 radical (unpaired) electrons. The Hall–Kier alpha value is -1.25. The van der Waals surface area contributed by atoms with Gasteiger partial charge >= 0.3 is 0 Å². The first-order valence-corrected chi connectivity index (χ1v) is 8.61. The maximum atomic E-state index is 11.9. The molecular formula is C16H19BrN2OS. The van der Waals surface area contributed by atoms with Crippen LogP contribution in [0, 0.1) is 11.3 Å². The van der Waals surface area contributed by atoms with Crippen LogP contribution in [0.15, 0.2) is 40.0 Å². The van der Waals surface area contributed by atoms with Gasteiger partial charge in [0.05, 0.1) is 6.04 Å². The maximum Gasteiger partial charge on any atom is 0.231 e. The summed E-state index contributed by atoms with van der Waals surface area (Å²) in [6.07, 6.45) is 0.868. The molecule has 5 heteroatoms. The van der Waals surface area contributed by atoms with Crippen LogP contribution in [-0.4, -0.2) is 10.9 Å². The van der Waals surface area contributed by atoms with Crippen LogP contribution >= 0.6 is 27.7 Å². The molecule has 0 spiro atoms. The summed E-state index contributed by atoms with van der Waals surface area (Å²) in [5, 5.41) is 12.3. The fraction of sp³-hybridized carbons (Fsp3) is 0.375. The minimum atomic E-state index is -0.171. The highest BCUT2D eigenvalue weighted by Crippen LogP contribution is 2.22. The molecule has 0 saturated heterocycles. The highest BCUT2D eigenvalue weighted by molar-refractivity contribution is 9.10. The van der Waals surface area contributed by atoms with E-state index in [9.17, 15) is 10.1 Å². The molecule has 21 heavy (non-hydrogen) atoms. The number of benzene rings is 1. The molecule has 0 aliphatic heterocycles. The monoisotopic (exact) mass is 366 g/mol. The van der Waals surface area contributed by atoms with Crippen molar-refractivity contribution in [2.24, 2.45) is 0 Å². The van der Waals surface area contributed by atoms with Crippen LogP contribution in [-0.2, 0) is 4.79 Å². The van der Waals surface area contributed by atoms with Crippen molar-refractivity contribution in [3.8, 4) is 6.07 Å². The Bertz CT molecular complexity index is 561. The lowest BCUT2D eigenvalue weighted by atomic mass is 10.0. The second kappa shape index (κ2) is 8.91. The standard InChI is InChI=1S/C16H19BrN2OS/c1-4-15(12-6-8-13(17)9-7-12)19-11(3)14(10-18)16(20)21-5-2/h6-9,15,19H,4-5H2,1-3H3. The lowest BCUT2D eigenvalue weighted by Gasteiger charge is -2.20. The van der Waals surface area contributed by atoms with E-state index in [2.05, 4.69) is 28.2 Å². The van der Waals surface area contributed by atoms with E-state index in [-0.39, 0.29) is 16.7 Å². The van der Waals surface area contributed by atoms with Gasteiger partial charge in [-0.1, -0.05) is 53.7 Å². The Morgan fingerprint density at radius 2 is 2.00 bits per heavy atom. The first-order valence-electron chi connectivity index (χ1n) is 6.83. The second-order valence-corrected chi connectivity index (χ2v) is 6.64. The van der Waals surface area contributed by atoms with E-state index in [0.29, 0.717) is 11.4 Å². The molecule has 112 valence electrons. The molecule has 1 aromatic carbocycles. The van der Waals surface area contributed by atoms with E-state index in [1.54, 1.807) is 6.92 Å². The Kier molecular flexibility index (Phi) is 7.55. The molecule has 0 heterocycles. The zero-order valence-electron chi connectivity index (χ0n) is 12.4. The normalized spacial score (nSPS) is 13.1. The molecule has 1 rings (SSSR count). The zero-order chi connectivity index (χ0) is 15.8. The van der Waals surface area contributed by atoms with Crippen molar-refractivity contribution in [3.63, 3.8) is 0 Å². The van der Waals surface area contributed by atoms with Gasteiger partial charge in [0.1, 0.15) is 11.6 Å². The highest BCUT2D eigenvalue weighted by Gasteiger charge is 2.16. The number of nitriles is 1. The van der Waals surface area contributed by atoms with Crippen LogP contribution in [0.5, 0.6) is 0 Å². The first kappa shape index (κ1) is 17.8. The first-order chi connectivity index (χ1) is 10.0. The van der Waals surface area contributed by atoms with Gasteiger partial charge in [0, 0.05) is 10.2 Å². The Morgan fingerprint density at radius 1 is 1.38 bits per heavy atom.